The average molecular weight is 382 g/mol. The number of nitriles is 1. The topological polar surface area (TPSA) is 67.7 Å². The van der Waals surface area contributed by atoms with Crippen LogP contribution < -0.4 is 4.90 Å². The van der Waals surface area contributed by atoms with E-state index in [1.54, 1.807) is 4.90 Å². The maximum atomic E-state index is 12.8. The number of amides is 2. The van der Waals surface area contributed by atoms with Crippen molar-refractivity contribution in [1.29, 1.82) is 5.26 Å². The molecule has 3 rings (SSSR count). The van der Waals surface area contributed by atoms with E-state index in [9.17, 15) is 9.59 Å². The van der Waals surface area contributed by atoms with E-state index in [-0.39, 0.29) is 11.8 Å². The maximum Gasteiger partial charge on any atom is 0.264 e. The molecular weight excluding hydrogens is 360 g/mol. The van der Waals surface area contributed by atoms with Gasteiger partial charge in [0.15, 0.2) is 0 Å². The Morgan fingerprint density at radius 1 is 1.07 bits per heavy atom. The Balaban J connectivity index is 1.56. The number of thiophene rings is 1. The van der Waals surface area contributed by atoms with Crippen LogP contribution in [0.2, 0.25) is 0 Å². The summed E-state index contributed by atoms with van der Waals surface area (Å²) in [4.78, 5) is 31.6. The Morgan fingerprint density at radius 2 is 1.81 bits per heavy atom. The standard InChI is InChI=1S/C20H22N4O2S/c21-9-5-10-24(17-6-2-1-3-7-17)19(25)16-22-11-13-23(14-12-22)20(26)18-8-4-15-27-18/h1-4,6-8,15H,5,10-14,16H2. The van der Waals surface area contributed by atoms with Gasteiger partial charge in [-0.25, -0.2) is 0 Å². The molecular formula is C20H22N4O2S. The third-order valence-corrected chi connectivity index (χ3v) is 5.42. The lowest BCUT2D eigenvalue weighted by atomic mass is 10.2. The van der Waals surface area contributed by atoms with Gasteiger partial charge >= 0.3 is 0 Å². The highest BCUT2D eigenvalue weighted by atomic mass is 32.1. The van der Waals surface area contributed by atoms with Gasteiger partial charge in [0.2, 0.25) is 5.91 Å². The van der Waals surface area contributed by atoms with Gasteiger partial charge in [0.1, 0.15) is 0 Å². The average Bonchev–Trinajstić information content (AvgIpc) is 3.24. The van der Waals surface area contributed by atoms with Gasteiger partial charge in [0, 0.05) is 38.4 Å². The van der Waals surface area contributed by atoms with Crippen molar-refractivity contribution in [3.63, 3.8) is 0 Å². The van der Waals surface area contributed by atoms with Gasteiger partial charge in [0.25, 0.3) is 5.91 Å². The van der Waals surface area contributed by atoms with E-state index in [2.05, 4.69) is 11.0 Å². The lowest BCUT2D eigenvalue weighted by molar-refractivity contribution is -0.120. The summed E-state index contributed by atoms with van der Waals surface area (Å²) in [6, 6.07) is 15.3. The van der Waals surface area contributed by atoms with Crippen molar-refractivity contribution in [2.24, 2.45) is 0 Å². The van der Waals surface area contributed by atoms with Gasteiger partial charge in [-0.3, -0.25) is 14.5 Å². The minimum Gasteiger partial charge on any atom is -0.335 e. The number of carbonyl (C=O) groups is 2. The fraction of sp³-hybridized carbons (Fsp3) is 0.350. The van der Waals surface area contributed by atoms with Crippen LogP contribution in [0.3, 0.4) is 0 Å². The quantitative estimate of drug-likeness (QED) is 0.770. The molecule has 1 aliphatic rings. The van der Waals surface area contributed by atoms with Crippen LogP contribution in [0.4, 0.5) is 5.69 Å². The molecule has 7 heteroatoms. The molecule has 140 valence electrons. The van der Waals surface area contributed by atoms with Crippen LogP contribution in [0.5, 0.6) is 0 Å². The summed E-state index contributed by atoms with van der Waals surface area (Å²) in [6.07, 6.45) is 0.295. The van der Waals surface area contributed by atoms with Gasteiger partial charge < -0.3 is 9.80 Å². The van der Waals surface area contributed by atoms with Gasteiger partial charge in [-0.1, -0.05) is 24.3 Å². The molecule has 2 amide bonds. The molecule has 1 aliphatic heterocycles. The van der Waals surface area contributed by atoms with E-state index in [0.29, 0.717) is 45.7 Å². The number of hydrogen-bond donors (Lipinski definition) is 0. The van der Waals surface area contributed by atoms with Crippen LogP contribution in [0.15, 0.2) is 47.8 Å². The van der Waals surface area contributed by atoms with E-state index >= 15 is 0 Å². The van der Waals surface area contributed by atoms with Crippen LogP contribution in [-0.2, 0) is 4.79 Å². The smallest absolute Gasteiger partial charge is 0.264 e. The first-order valence-electron chi connectivity index (χ1n) is 8.96. The first kappa shape index (κ1) is 19.1. The second-order valence-corrected chi connectivity index (χ2v) is 7.28. The second kappa shape index (κ2) is 9.31. The third kappa shape index (κ3) is 4.94. The van der Waals surface area contributed by atoms with Crippen molar-refractivity contribution in [2.75, 3.05) is 44.2 Å². The van der Waals surface area contributed by atoms with Crippen molar-refractivity contribution in [2.45, 2.75) is 6.42 Å². The summed E-state index contributed by atoms with van der Waals surface area (Å²) in [5, 5.41) is 10.8. The fourth-order valence-corrected chi connectivity index (χ4v) is 3.80. The molecule has 0 unspecified atom stereocenters. The summed E-state index contributed by atoms with van der Waals surface area (Å²) in [6.45, 7) is 3.26. The lowest BCUT2D eigenvalue weighted by Crippen LogP contribution is -2.51. The number of para-hydroxylation sites is 1. The molecule has 1 aromatic carbocycles. The van der Waals surface area contributed by atoms with E-state index in [4.69, 9.17) is 5.26 Å². The molecule has 0 spiro atoms. The van der Waals surface area contributed by atoms with Crippen LogP contribution in [-0.4, -0.2) is 60.9 Å². The molecule has 0 aliphatic carbocycles. The Hall–Kier alpha value is -2.69. The molecule has 0 bridgehead atoms. The minimum absolute atomic E-state index is 0.0190. The number of hydrogen-bond acceptors (Lipinski definition) is 5. The zero-order chi connectivity index (χ0) is 19.1. The third-order valence-electron chi connectivity index (χ3n) is 4.57. The molecule has 0 atom stereocenters. The molecule has 6 nitrogen and oxygen atoms in total. The highest BCUT2D eigenvalue weighted by Crippen LogP contribution is 2.16. The van der Waals surface area contributed by atoms with Crippen molar-refractivity contribution in [3.8, 4) is 6.07 Å². The lowest BCUT2D eigenvalue weighted by Gasteiger charge is -2.35. The van der Waals surface area contributed by atoms with Crippen molar-refractivity contribution >= 4 is 28.8 Å². The molecule has 27 heavy (non-hydrogen) atoms. The van der Waals surface area contributed by atoms with Crippen LogP contribution >= 0.6 is 11.3 Å². The van der Waals surface area contributed by atoms with Gasteiger partial charge in [-0.15, -0.1) is 11.3 Å². The molecule has 2 heterocycles. The maximum absolute atomic E-state index is 12.8. The van der Waals surface area contributed by atoms with Gasteiger partial charge in [-0.2, -0.15) is 5.26 Å². The van der Waals surface area contributed by atoms with E-state index in [1.165, 1.54) is 11.3 Å². The fourth-order valence-electron chi connectivity index (χ4n) is 3.11. The molecule has 0 radical (unpaired) electrons. The number of carbonyl (C=O) groups excluding carboxylic acids is 2. The SMILES string of the molecule is N#CCCN(C(=O)CN1CCN(C(=O)c2cccs2)CC1)c1ccccc1. The van der Waals surface area contributed by atoms with Crippen molar-refractivity contribution < 1.29 is 9.59 Å². The Morgan fingerprint density at radius 3 is 2.44 bits per heavy atom. The summed E-state index contributed by atoms with van der Waals surface area (Å²) in [5.41, 5.74) is 0.809. The number of benzene rings is 1. The summed E-state index contributed by atoms with van der Waals surface area (Å²) < 4.78 is 0. The van der Waals surface area contributed by atoms with E-state index in [1.807, 2.05) is 52.7 Å². The van der Waals surface area contributed by atoms with Crippen molar-refractivity contribution in [3.05, 3.63) is 52.7 Å². The molecule has 1 aromatic heterocycles. The first-order chi connectivity index (χ1) is 13.2. The summed E-state index contributed by atoms with van der Waals surface area (Å²) in [7, 11) is 0. The second-order valence-electron chi connectivity index (χ2n) is 6.33. The number of rotatable bonds is 6. The largest absolute Gasteiger partial charge is 0.335 e. The summed E-state index contributed by atoms with van der Waals surface area (Å²) in [5.74, 6) is 0.0467. The zero-order valence-corrected chi connectivity index (χ0v) is 15.9. The molecule has 0 saturated carbocycles. The Labute approximate surface area is 163 Å². The van der Waals surface area contributed by atoms with E-state index < -0.39 is 0 Å². The van der Waals surface area contributed by atoms with Gasteiger partial charge in [-0.05, 0) is 23.6 Å². The normalized spacial score (nSPS) is 14.6. The molecule has 1 saturated heterocycles. The number of piperazine rings is 1. The van der Waals surface area contributed by atoms with E-state index in [0.717, 1.165) is 10.6 Å². The first-order valence-corrected chi connectivity index (χ1v) is 9.84. The van der Waals surface area contributed by atoms with Crippen molar-refractivity contribution in [1.82, 2.24) is 9.80 Å². The predicted octanol–water partition coefficient (Wildman–Crippen LogP) is 2.45. The zero-order valence-electron chi connectivity index (χ0n) is 15.1. The highest BCUT2D eigenvalue weighted by molar-refractivity contribution is 7.12. The molecule has 2 aromatic rings. The minimum atomic E-state index is -0.0190. The molecule has 1 fully saturated rings. The van der Waals surface area contributed by atoms with Gasteiger partial charge in [0.05, 0.1) is 23.9 Å². The Bertz CT molecular complexity index is 793. The summed E-state index contributed by atoms with van der Waals surface area (Å²) >= 11 is 1.45. The molecule has 0 N–H and O–H groups in total. The number of nitrogens with zero attached hydrogens (tertiary/aromatic N) is 4. The van der Waals surface area contributed by atoms with Crippen LogP contribution in [0, 0.1) is 11.3 Å². The van der Waals surface area contributed by atoms with Crippen LogP contribution in [0.25, 0.3) is 0 Å². The monoisotopic (exact) mass is 382 g/mol. The number of anilines is 1. The Kier molecular flexibility index (Phi) is 6.58. The van der Waals surface area contributed by atoms with Crippen LogP contribution in [0.1, 0.15) is 16.1 Å². The highest BCUT2D eigenvalue weighted by Gasteiger charge is 2.25. The predicted molar refractivity (Wildman–Crippen MR) is 106 cm³/mol.